The van der Waals surface area contributed by atoms with Crippen molar-refractivity contribution in [3.8, 4) is 0 Å². The Morgan fingerprint density at radius 2 is 2.20 bits per heavy atom. The highest BCUT2D eigenvalue weighted by Gasteiger charge is 2.33. The van der Waals surface area contributed by atoms with Crippen LogP contribution in [-0.4, -0.2) is 34.5 Å². The van der Waals surface area contributed by atoms with E-state index in [-0.39, 0.29) is 5.91 Å². The number of rotatable bonds is 4. The number of nitrogens with zero attached hydrogens (tertiary/aromatic N) is 1. The Bertz CT molecular complexity index is 535. The molecular weight excluding hydrogens is 346 g/mol. The standard InChI is InChI=1S/C14H15BrClNO3/c15-11-5-4-10(16)8-9(11)3-6-13(18)17-7-1-2-12(17)14(19)20/h4-5,8,12H,1-3,6-7H2,(H,19,20)/t12-/m1/s1. The van der Waals surface area contributed by atoms with Crippen LogP contribution >= 0.6 is 27.5 Å². The zero-order valence-electron chi connectivity index (χ0n) is 10.8. The average molecular weight is 361 g/mol. The summed E-state index contributed by atoms with van der Waals surface area (Å²) < 4.78 is 0.908. The van der Waals surface area contributed by atoms with Crippen LogP contribution in [0.5, 0.6) is 0 Å². The van der Waals surface area contributed by atoms with Crippen LogP contribution in [0.1, 0.15) is 24.8 Å². The van der Waals surface area contributed by atoms with Crippen molar-refractivity contribution in [3.63, 3.8) is 0 Å². The lowest BCUT2D eigenvalue weighted by atomic mass is 10.1. The molecule has 1 heterocycles. The maximum atomic E-state index is 12.1. The fraction of sp³-hybridized carbons (Fsp3) is 0.429. The molecule has 0 radical (unpaired) electrons. The monoisotopic (exact) mass is 359 g/mol. The van der Waals surface area contributed by atoms with Crippen LogP contribution in [0.4, 0.5) is 0 Å². The molecule has 1 atom stereocenters. The molecule has 1 saturated heterocycles. The molecule has 2 rings (SSSR count). The maximum absolute atomic E-state index is 12.1. The number of carbonyl (C=O) groups is 2. The zero-order chi connectivity index (χ0) is 14.7. The highest BCUT2D eigenvalue weighted by molar-refractivity contribution is 9.10. The lowest BCUT2D eigenvalue weighted by molar-refractivity contribution is -0.148. The topological polar surface area (TPSA) is 57.6 Å². The van der Waals surface area contributed by atoms with E-state index in [2.05, 4.69) is 15.9 Å². The van der Waals surface area contributed by atoms with Gasteiger partial charge in [0.1, 0.15) is 6.04 Å². The number of hydrogen-bond donors (Lipinski definition) is 1. The van der Waals surface area contributed by atoms with E-state index in [0.29, 0.717) is 30.8 Å². The van der Waals surface area contributed by atoms with Crippen LogP contribution in [0, 0.1) is 0 Å². The van der Waals surface area contributed by atoms with E-state index in [1.807, 2.05) is 12.1 Å². The number of carboxylic acid groups (broad SMARTS) is 1. The number of halogens is 2. The van der Waals surface area contributed by atoms with Crippen molar-refractivity contribution in [1.82, 2.24) is 4.90 Å². The highest BCUT2D eigenvalue weighted by atomic mass is 79.9. The third-order valence-electron chi connectivity index (χ3n) is 3.47. The Hall–Kier alpha value is -1.07. The highest BCUT2D eigenvalue weighted by Crippen LogP contribution is 2.24. The first kappa shape index (κ1) is 15.3. The third-order valence-corrected chi connectivity index (χ3v) is 4.48. The normalized spacial score (nSPS) is 18.3. The van der Waals surface area contributed by atoms with Crippen molar-refractivity contribution >= 4 is 39.4 Å². The van der Waals surface area contributed by atoms with Gasteiger partial charge in [-0.25, -0.2) is 4.79 Å². The van der Waals surface area contributed by atoms with E-state index in [9.17, 15) is 9.59 Å². The summed E-state index contributed by atoms with van der Waals surface area (Å²) in [6, 6.07) is 4.78. The van der Waals surface area contributed by atoms with Gasteiger partial charge in [0.25, 0.3) is 0 Å². The molecule has 1 amide bonds. The van der Waals surface area contributed by atoms with Crippen LogP contribution in [-0.2, 0) is 16.0 Å². The molecule has 1 N–H and O–H groups in total. The van der Waals surface area contributed by atoms with Crippen molar-refractivity contribution in [2.24, 2.45) is 0 Å². The summed E-state index contributed by atoms with van der Waals surface area (Å²) in [6.45, 7) is 0.534. The van der Waals surface area contributed by atoms with Crippen LogP contribution in [0.2, 0.25) is 5.02 Å². The van der Waals surface area contributed by atoms with Gasteiger partial charge in [-0.15, -0.1) is 0 Å². The van der Waals surface area contributed by atoms with Gasteiger partial charge in [-0.3, -0.25) is 4.79 Å². The molecule has 20 heavy (non-hydrogen) atoms. The molecule has 1 aliphatic rings. The van der Waals surface area contributed by atoms with Crippen LogP contribution in [0.3, 0.4) is 0 Å². The van der Waals surface area contributed by atoms with Gasteiger partial charge in [-0.05, 0) is 43.0 Å². The quantitative estimate of drug-likeness (QED) is 0.897. The molecule has 0 aromatic heterocycles. The molecular formula is C14H15BrClNO3. The summed E-state index contributed by atoms with van der Waals surface area (Å²) in [5, 5.41) is 9.70. The van der Waals surface area contributed by atoms with Crippen LogP contribution in [0.15, 0.2) is 22.7 Å². The van der Waals surface area contributed by atoms with Gasteiger partial charge in [0.05, 0.1) is 0 Å². The Labute approximate surface area is 130 Å². The van der Waals surface area contributed by atoms with Gasteiger partial charge in [-0.1, -0.05) is 27.5 Å². The predicted octanol–water partition coefficient (Wildman–Crippen LogP) is 3.11. The molecule has 1 fully saturated rings. The Morgan fingerprint density at radius 1 is 1.45 bits per heavy atom. The molecule has 0 aliphatic carbocycles. The van der Waals surface area contributed by atoms with E-state index in [0.717, 1.165) is 16.5 Å². The number of likely N-dealkylation sites (tertiary alicyclic amines) is 1. The summed E-state index contributed by atoms with van der Waals surface area (Å²) in [6.07, 6.45) is 2.14. The maximum Gasteiger partial charge on any atom is 0.326 e. The first-order valence-corrected chi connectivity index (χ1v) is 7.62. The van der Waals surface area contributed by atoms with Gasteiger partial charge in [0, 0.05) is 22.5 Å². The van der Waals surface area contributed by atoms with E-state index in [4.69, 9.17) is 16.7 Å². The first-order chi connectivity index (χ1) is 9.49. The average Bonchev–Trinajstić information content (AvgIpc) is 2.89. The van der Waals surface area contributed by atoms with Crippen molar-refractivity contribution in [3.05, 3.63) is 33.3 Å². The summed E-state index contributed by atoms with van der Waals surface area (Å²) in [5.74, 6) is -1.03. The number of benzene rings is 1. The number of carboxylic acids is 1. The van der Waals surface area contributed by atoms with Crippen molar-refractivity contribution in [2.75, 3.05) is 6.54 Å². The Balaban J connectivity index is 1.98. The van der Waals surface area contributed by atoms with Gasteiger partial charge in [-0.2, -0.15) is 0 Å². The molecule has 1 aromatic rings. The smallest absolute Gasteiger partial charge is 0.326 e. The number of amides is 1. The fourth-order valence-corrected chi connectivity index (χ4v) is 3.08. The Morgan fingerprint density at radius 3 is 2.90 bits per heavy atom. The van der Waals surface area contributed by atoms with Crippen molar-refractivity contribution in [2.45, 2.75) is 31.7 Å². The van der Waals surface area contributed by atoms with E-state index < -0.39 is 12.0 Å². The lowest BCUT2D eigenvalue weighted by Crippen LogP contribution is -2.40. The summed E-state index contributed by atoms with van der Waals surface area (Å²) in [4.78, 5) is 24.7. The fourth-order valence-electron chi connectivity index (χ4n) is 2.44. The second-order valence-electron chi connectivity index (χ2n) is 4.82. The minimum atomic E-state index is -0.917. The molecule has 1 aromatic carbocycles. The molecule has 0 bridgehead atoms. The van der Waals surface area contributed by atoms with Crippen LogP contribution < -0.4 is 0 Å². The minimum absolute atomic E-state index is 0.109. The number of aliphatic carboxylic acids is 1. The van der Waals surface area contributed by atoms with E-state index in [1.54, 1.807) is 6.07 Å². The second kappa shape index (κ2) is 6.59. The molecule has 6 heteroatoms. The summed E-state index contributed by atoms with van der Waals surface area (Å²) in [5.41, 5.74) is 0.955. The molecule has 1 aliphatic heterocycles. The molecule has 4 nitrogen and oxygen atoms in total. The largest absolute Gasteiger partial charge is 0.480 e. The molecule has 0 spiro atoms. The first-order valence-electron chi connectivity index (χ1n) is 6.45. The second-order valence-corrected chi connectivity index (χ2v) is 6.11. The number of carbonyl (C=O) groups excluding carboxylic acids is 1. The predicted molar refractivity (Wildman–Crippen MR) is 79.8 cm³/mol. The molecule has 108 valence electrons. The number of hydrogen-bond acceptors (Lipinski definition) is 2. The molecule has 0 saturated carbocycles. The van der Waals surface area contributed by atoms with E-state index >= 15 is 0 Å². The number of aryl methyl sites for hydroxylation is 1. The summed E-state index contributed by atoms with van der Waals surface area (Å²) in [7, 11) is 0. The van der Waals surface area contributed by atoms with Gasteiger partial charge in [0.15, 0.2) is 0 Å². The SMILES string of the molecule is O=C(O)[C@H]1CCCN1C(=O)CCc1cc(Cl)ccc1Br. The summed E-state index contributed by atoms with van der Waals surface area (Å²) >= 11 is 9.35. The van der Waals surface area contributed by atoms with Gasteiger partial charge >= 0.3 is 5.97 Å². The zero-order valence-corrected chi connectivity index (χ0v) is 13.2. The van der Waals surface area contributed by atoms with Crippen molar-refractivity contribution < 1.29 is 14.7 Å². The van der Waals surface area contributed by atoms with Crippen molar-refractivity contribution in [1.29, 1.82) is 0 Å². The van der Waals surface area contributed by atoms with Gasteiger partial charge < -0.3 is 10.0 Å². The lowest BCUT2D eigenvalue weighted by Gasteiger charge is -2.21. The third kappa shape index (κ3) is 3.52. The molecule has 0 unspecified atom stereocenters. The van der Waals surface area contributed by atoms with Gasteiger partial charge in [0.2, 0.25) is 5.91 Å². The Kier molecular flexibility index (Phi) is 5.05. The minimum Gasteiger partial charge on any atom is -0.480 e. The van der Waals surface area contributed by atoms with Crippen LogP contribution in [0.25, 0.3) is 0 Å². The van der Waals surface area contributed by atoms with E-state index in [1.165, 1.54) is 4.90 Å².